The Labute approximate surface area is 120 Å². The van der Waals surface area contributed by atoms with Gasteiger partial charge in [-0.3, -0.25) is 0 Å². The quantitative estimate of drug-likeness (QED) is 0.762. The molecule has 2 N–H and O–H groups in total. The molecule has 0 bridgehead atoms. The van der Waals surface area contributed by atoms with E-state index in [-0.39, 0.29) is 17.6 Å². The van der Waals surface area contributed by atoms with E-state index in [1.54, 1.807) is 5.56 Å². The summed E-state index contributed by atoms with van der Waals surface area (Å²) >= 11 is 0. The van der Waals surface area contributed by atoms with Crippen molar-refractivity contribution in [1.82, 2.24) is 0 Å². The first-order chi connectivity index (χ1) is 9.59. The highest BCUT2D eigenvalue weighted by atomic mass is 16.3. The topological polar surface area (TPSA) is 40.5 Å². The molecule has 4 rings (SSSR count). The number of aliphatic hydroxyl groups is 2. The molecular formula is C18H24O2. The number of benzene rings is 1. The fourth-order valence-electron chi connectivity index (χ4n) is 5.01. The van der Waals surface area contributed by atoms with Crippen LogP contribution in [0.3, 0.4) is 0 Å². The monoisotopic (exact) mass is 272 g/mol. The Hall–Kier alpha value is -0.860. The second-order valence-corrected chi connectivity index (χ2v) is 7.32. The number of hydrogen-bond donors (Lipinski definition) is 2. The van der Waals surface area contributed by atoms with Crippen LogP contribution in [0.5, 0.6) is 0 Å². The summed E-state index contributed by atoms with van der Waals surface area (Å²) in [6, 6.07) is 4.54. The number of rotatable bonds is 0. The molecule has 1 fully saturated rings. The molecule has 1 aromatic rings. The van der Waals surface area contributed by atoms with E-state index in [9.17, 15) is 10.2 Å². The maximum atomic E-state index is 10.3. The van der Waals surface area contributed by atoms with E-state index >= 15 is 0 Å². The Morgan fingerprint density at radius 2 is 1.90 bits per heavy atom. The summed E-state index contributed by atoms with van der Waals surface area (Å²) in [6.07, 6.45) is 6.81. The predicted molar refractivity (Wildman–Crippen MR) is 78.9 cm³/mol. The number of fused-ring (bicyclic) bond motifs is 5. The second kappa shape index (κ2) is 4.32. The molecular weight excluding hydrogens is 248 g/mol. The maximum Gasteiger partial charge on any atom is 0.0600 e. The summed E-state index contributed by atoms with van der Waals surface area (Å²) < 4.78 is 0. The van der Waals surface area contributed by atoms with Gasteiger partial charge in [-0.15, -0.1) is 0 Å². The molecule has 1 unspecified atom stereocenters. The SMILES string of the molecule is C[C@]12CCc3c(ccc4c3CC[C@H](O)C4)C1CC[C@@H]2O. The van der Waals surface area contributed by atoms with Gasteiger partial charge in [-0.1, -0.05) is 19.1 Å². The van der Waals surface area contributed by atoms with Gasteiger partial charge in [0.25, 0.3) is 0 Å². The van der Waals surface area contributed by atoms with Crippen molar-refractivity contribution in [2.24, 2.45) is 5.41 Å². The van der Waals surface area contributed by atoms with Gasteiger partial charge in [0.1, 0.15) is 0 Å². The highest BCUT2D eigenvalue weighted by Gasteiger charge is 2.49. The normalized spacial score (nSPS) is 39.0. The molecule has 0 aromatic heterocycles. The Balaban J connectivity index is 1.80. The predicted octanol–water partition coefficient (Wildman–Crippen LogP) is 2.73. The van der Waals surface area contributed by atoms with E-state index < -0.39 is 0 Å². The largest absolute Gasteiger partial charge is 0.393 e. The van der Waals surface area contributed by atoms with Crippen LogP contribution in [-0.4, -0.2) is 22.4 Å². The van der Waals surface area contributed by atoms with Crippen LogP contribution >= 0.6 is 0 Å². The molecule has 20 heavy (non-hydrogen) atoms. The smallest absolute Gasteiger partial charge is 0.0600 e. The summed E-state index contributed by atoms with van der Waals surface area (Å²) in [4.78, 5) is 0. The van der Waals surface area contributed by atoms with Crippen molar-refractivity contribution >= 4 is 0 Å². The van der Waals surface area contributed by atoms with E-state index in [2.05, 4.69) is 19.1 Å². The lowest BCUT2D eigenvalue weighted by Gasteiger charge is -2.41. The molecule has 2 nitrogen and oxygen atoms in total. The third-order valence-corrected chi connectivity index (χ3v) is 6.32. The molecule has 0 saturated heterocycles. The van der Waals surface area contributed by atoms with E-state index in [0.29, 0.717) is 5.92 Å². The minimum atomic E-state index is -0.150. The van der Waals surface area contributed by atoms with Crippen molar-refractivity contribution in [1.29, 1.82) is 0 Å². The molecule has 0 radical (unpaired) electrons. The van der Waals surface area contributed by atoms with Crippen LogP contribution in [-0.2, 0) is 19.3 Å². The molecule has 1 aromatic carbocycles. The highest BCUT2D eigenvalue weighted by Crippen LogP contribution is 2.56. The van der Waals surface area contributed by atoms with Gasteiger partial charge in [-0.05, 0) is 73.1 Å². The summed E-state index contributed by atoms with van der Waals surface area (Å²) in [5.41, 5.74) is 6.05. The molecule has 2 heteroatoms. The van der Waals surface area contributed by atoms with Gasteiger partial charge in [0.05, 0.1) is 12.2 Å². The van der Waals surface area contributed by atoms with Crippen LogP contribution in [0.4, 0.5) is 0 Å². The highest BCUT2D eigenvalue weighted by molar-refractivity contribution is 5.47. The van der Waals surface area contributed by atoms with Crippen molar-refractivity contribution in [2.45, 2.75) is 70.0 Å². The molecule has 1 saturated carbocycles. The Kier molecular flexibility index (Phi) is 2.77. The zero-order chi connectivity index (χ0) is 13.9. The molecule has 0 spiro atoms. The van der Waals surface area contributed by atoms with Gasteiger partial charge in [-0.25, -0.2) is 0 Å². The van der Waals surface area contributed by atoms with Crippen LogP contribution < -0.4 is 0 Å². The van der Waals surface area contributed by atoms with Crippen molar-refractivity contribution in [3.8, 4) is 0 Å². The first-order valence-corrected chi connectivity index (χ1v) is 8.09. The average Bonchev–Trinajstić information content (AvgIpc) is 2.74. The molecule has 0 aliphatic heterocycles. The van der Waals surface area contributed by atoms with E-state index in [0.717, 1.165) is 44.9 Å². The minimum Gasteiger partial charge on any atom is -0.393 e. The maximum absolute atomic E-state index is 10.3. The summed E-state index contributed by atoms with van der Waals surface area (Å²) in [5.74, 6) is 0.540. The molecule has 0 heterocycles. The van der Waals surface area contributed by atoms with Crippen LogP contribution in [0.25, 0.3) is 0 Å². The van der Waals surface area contributed by atoms with Gasteiger partial charge in [0.15, 0.2) is 0 Å². The first kappa shape index (κ1) is 12.8. The summed E-state index contributed by atoms with van der Waals surface area (Å²) in [6.45, 7) is 2.28. The van der Waals surface area contributed by atoms with Crippen molar-refractivity contribution in [3.05, 3.63) is 34.4 Å². The standard InChI is InChI=1S/C18H24O2/c1-18-9-8-14-13-5-3-12(19)10-11(13)2-4-15(14)16(18)6-7-17(18)20/h2,4,12,16-17,19-20H,3,5-10H2,1H3/t12-,16?,17-,18-/m0/s1. The third-order valence-electron chi connectivity index (χ3n) is 6.32. The molecule has 108 valence electrons. The number of aliphatic hydroxyl groups excluding tert-OH is 2. The van der Waals surface area contributed by atoms with Gasteiger partial charge >= 0.3 is 0 Å². The second-order valence-electron chi connectivity index (χ2n) is 7.32. The van der Waals surface area contributed by atoms with Gasteiger partial charge < -0.3 is 10.2 Å². The van der Waals surface area contributed by atoms with Crippen LogP contribution in [0.2, 0.25) is 0 Å². The summed E-state index contributed by atoms with van der Waals surface area (Å²) in [5, 5.41) is 20.2. The third kappa shape index (κ3) is 1.64. The lowest BCUT2D eigenvalue weighted by Crippen LogP contribution is -2.36. The fraction of sp³-hybridized carbons (Fsp3) is 0.667. The van der Waals surface area contributed by atoms with E-state index in [1.807, 2.05) is 0 Å². The molecule has 3 aliphatic carbocycles. The Morgan fingerprint density at radius 3 is 2.75 bits per heavy atom. The van der Waals surface area contributed by atoms with Crippen molar-refractivity contribution in [2.75, 3.05) is 0 Å². The van der Waals surface area contributed by atoms with Crippen LogP contribution in [0, 0.1) is 5.41 Å². The molecule has 4 atom stereocenters. The van der Waals surface area contributed by atoms with Crippen LogP contribution in [0.15, 0.2) is 12.1 Å². The Bertz CT molecular complexity index is 551. The zero-order valence-corrected chi connectivity index (χ0v) is 12.2. The average molecular weight is 272 g/mol. The zero-order valence-electron chi connectivity index (χ0n) is 12.2. The lowest BCUT2D eigenvalue weighted by atomic mass is 9.64. The fourth-order valence-corrected chi connectivity index (χ4v) is 5.01. The van der Waals surface area contributed by atoms with Gasteiger partial charge in [0, 0.05) is 5.41 Å². The van der Waals surface area contributed by atoms with Crippen molar-refractivity contribution < 1.29 is 10.2 Å². The van der Waals surface area contributed by atoms with E-state index in [1.165, 1.54) is 16.7 Å². The van der Waals surface area contributed by atoms with Crippen LogP contribution in [0.1, 0.15) is 60.8 Å². The minimum absolute atomic E-state index is 0.0927. The lowest BCUT2D eigenvalue weighted by molar-refractivity contribution is 0.0455. The first-order valence-electron chi connectivity index (χ1n) is 8.09. The van der Waals surface area contributed by atoms with Gasteiger partial charge in [-0.2, -0.15) is 0 Å². The number of hydrogen-bond acceptors (Lipinski definition) is 2. The Morgan fingerprint density at radius 1 is 1.05 bits per heavy atom. The molecule has 0 amide bonds. The van der Waals surface area contributed by atoms with Crippen molar-refractivity contribution in [3.63, 3.8) is 0 Å². The van der Waals surface area contributed by atoms with Gasteiger partial charge in [0.2, 0.25) is 0 Å². The summed E-state index contributed by atoms with van der Waals surface area (Å²) in [7, 11) is 0. The molecule has 3 aliphatic rings. The van der Waals surface area contributed by atoms with E-state index in [4.69, 9.17) is 0 Å².